The summed E-state index contributed by atoms with van der Waals surface area (Å²) in [6.45, 7) is 2.78. The minimum atomic E-state index is -1.79. The first-order chi connectivity index (χ1) is 37.1. The first-order valence-electron chi connectivity index (χ1n) is 31.2. The largest absolute Gasteiger partial charge is 0.394 e. The molecule has 14 nitrogen and oxygen atoms in total. The fourth-order valence-corrected chi connectivity index (χ4v) is 10.2. The van der Waals surface area contributed by atoms with E-state index in [-0.39, 0.29) is 18.9 Å². The molecule has 2 rings (SSSR count). The number of aliphatic hydroxyl groups is 8. The standard InChI is InChI=1S/C62H115NO13/c1-3-5-7-9-11-13-15-17-18-19-20-21-22-23-24-25-26-27-28-29-30-31-32-34-36-38-40-42-44-46-54(67)63-50(51(66)45-43-41-39-37-35-33-16-14-12-10-8-6-4-2)49-73-61-59(72)57(70)60(53(48-65)75-61)76-62-58(71)56(69)55(68)52(47-64)74-62/h19-20,35,37,43,45,50-53,55-62,64-66,68-72H,3-18,21-34,36,38-42,44,46-49H2,1-2H3,(H,63,67)/b20-19-,37-35+,45-43+. The second-order valence-corrected chi connectivity index (χ2v) is 22.2. The van der Waals surface area contributed by atoms with Gasteiger partial charge in [-0.2, -0.15) is 0 Å². The van der Waals surface area contributed by atoms with E-state index in [1.165, 1.54) is 193 Å². The number of nitrogens with one attached hydrogen (secondary N) is 1. The lowest BCUT2D eigenvalue weighted by atomic mass is 9.97. The van der Waals surface area contributed by atoms with Gasteiger partial charge in [0, 0.05) is 6.42 Å². The fourth-order valence-electron chi connectivity index (χ4n) is 10.2. The van der Waals surface area contributed by atoms with Crippen molar-refractivity contribution >= 4 is 5.91 Å². The van der Waals surface area contributed by atoms with Crippen molar-refractivity contribution in [3.8, 4) is 0 Å². The van der Waals surface area contributed by atoms with Crippen molar-refractivity contribution < 1.29 is 64.6 Å². The highest BCUT2D eigenvalue weighted by Gasteiger charge is 2.51. The van der Waals surface area contributed by atoms with E-state index in [4.69, 9.17) is 18.9 Å². The molecule has 1 amide bonds. The van der Waals surface area contributed by atoms with Gasteiger partial charge in [-0.15, -0.1) is 0 Å². The number of hydrogen-bond acceptors (Lipinski definition) is 13. The molecule has 2 saturated heterocycles. The van der Waals surface area contributed by atoms with Crippen molar-refractivity contribution in [1.82, 2.24) is 5.32 Å². The molecule has 0 aliphatic carbocycles. The number of rotatable bonds is 50. The number of hydrogen-bond donors (Lipinski definition) is 9. The van der Waals surface area contributed by atoms with Crippen LogP contribution in [-0.2, 0) is 23.7 Å². The SMILES string of the molecule is CCCCCCCCC/C=C/CC/C=C/C(O)C(COC1OC(CO)C(OC2OC(CO)C(O)C(O)C2O)C(O)C1O)NC(=O)CCCCCCCCCCCCCCCCCCC/C=C\CCCCCCCCCC. The van der Waals surface area contributed by atoms with Crippen LogP contribution in [0.5, 0.6) is 0 Å². The van der Waals surface area contributed by atoms with Crippen molar-refractivity contribution in [1.29, 1.82) is 0 Å². The lowest BCUT2D eigenvalue weighted by Crippen LogP contribution is -2.65. The van der Waals surface area contributed by atoms with Gasteiger partial charge < -0.3 is 65.1 Å². The minimum Gasteiger partial charge on any atom is -0.394 e. The quantitative estimate of drug-likeness (QED) is 0.0204. The maximum atomic E-state index is 13.2. The number of amides is 1. The van der Waals surface area contributed by atoms with Gasteiger partial charge in [-0.3, -0.25) is 4.79 Å². The molecule has 0 bridgehead atoms. The monoisotopic (exact) mass is 1080 g/mol. The molecule has 0 saturated carbocycles. The maximum Gasteiger partial charge on any atom is 0.220 e. The van der Waals surface area contributed by atoms with Crippen LogP contribution in [0.15, 0.2) is 36.5 Å². The Morgan fingerprint density at radius 2 is 0.842 bits per heavy atom. The molecule has 446 valence electrons. The van der Waals surface area contributed by atoms with Crippen molar-refractivity contribution in [2.45, 2.75) is 331 Å². The van der Waals surface area contributed by atoms with E-state index in [1.807, 2.05) is 6.08 Å². The van der Waals surface area contributed by atoms with E-state index in [1.54, 1.807) is 6.08 Å². The molecule has 0 aromatic heterocycles. The van der Waals surface area contributed by atoms with E-state index in [0.29, 0.717) is 12.8 Å². The molecule has 2 fully saturated rings. The van der Waals surface area contributed by atoms with Crippen LogP contribution in [0, 0.1) is 0 Å². The number of ether oxygens (including phenoxy) is 4. The lowest BCUT2D eigenvalue weighted by molar-refractivity contribution is -0.359. The predicted molar refractivity (Wildman–Crippen MR) is 305 cm³/mol. The first-order valence-corrected chi connectivity index (χ1v) is 31.2. The minimum absolute atomic E-state index is 0.247. The Hall–Kier alpha value is -1.79. The molecule has 12 atom stereocenters. The topological polar surface area (TPSA) is 228 Å². The summed E-state index contributed by atoms with van der Waals surface area (Å²) in [5.41, 5.74) is 0. The summed E-state index contributed by atoms with van der Waals surface area (Å²) in [5, 5.41) is 87.0. The zero-order valence-electron chi connectivity index (χ0n) is 48.0. The lowest BCUT2D eigenvalue weighted by Gasteiger charge is -2.46. The van der Waals surface area contributed by atoms with Crippen LogP contribution >= 0.6 is 0 Å². The van der Waals surface area contributed by atoms with Crippen molar-refractivity contribution in [2.24, 2.45) is 0 Å². The number of aliphatic hydroxyl groups excluding tert-OH is 8. The molecule has 2 aliphatic heterocycles. The van der Waals surface area contributed by atoms with Crippen LogP contribution in [0.3, 0.4) is 0 Å². The van der Waals surface area contributed by atoms with Crippen LogP contribution < -0.4 is 5.32 Å². The molecule has 0 radical (unpaired) electrons. The average Bonchev–Trinajstić information content (AvgIpc) is 3.42. The summed E-state index contributed by atoms with van der Waals surface area (Å²) in [7, 11) is 0. The highest BCUT2D eigenvalue weighted by molar-refractivity contribution is 5.76. The highest BCUT2D eigenvalue weighted by atomic mass is 16.7. The van der Waals surface area contributed by atoms with Gasteiger partial charge >= 0.3 is 0 Å². The maximum absolute atomic E-state index is 13.2. The molecular weight excluding hydrogens is 967 g/mol. The van der Waals surface area contributed by atoms with E-state index < -0.39 is 86.8 Å². The Morgan fingerprint density at radius 3 is 1.29 bits per heavy atom. The molecule has 76 heavy (non-hydrogen) atoms. The number of carbonyl (C=O) groups is 1. The normalized spacial score (nSPS) is 25.1. The molecule has 0 aromatic rings. The Kier molecular flexibility index (Phi) is 44.4. The van der Waals surface area contributed by atoms with E-state index in [9.17, 15) is 45.6 Å². The Labute approximate surface area is 461 Å². The van der Waals surface area contributed by atoms with E-state index in [2.05, 4.69) is 43.5 Å². The number of carbonyl (C=O) groups excluding carboxylic acids is 1. The predicted octanol–water partition coefficient (Wildman–Crippen LogP) is 11.0. The third-order valence-corrected chi connectivity index (χ3v) is 15.3. The van der Waals surface area contributed by atoms with Gasteiger partial charge in [-0.1, -0.05) is 230 Å². The molecule has 14 heteroatoms. The van der Waals surface area contributed by atoms with Gasteiger partial charge in [0.2, 0.25) is 5.91 Å². The molecular formula is C62H115NO13. The van der Waals surface area contributed by atoms with Crippen molar-refractivity contribution in [2.75, 3.05) is 19.8 Å². The third kappa shape index (κ3) is 33.1. The number of unbranched alkanes of at least 4 members (excludes halogenated alkanes) is 33. The van der Waals surface area contributed by atoms with E-state index >= 15 is 0 Å². The van der Waals surface area contributed by atoms with Gasteiger partial charge in [0.15, 0.2) is 12.6 Å². The van der Waals surface area contributed by atoms with Gasteiger partial charge in [0.1, 0.15) is 48.8 Å². The molecule has 12 unspecified atom stereocenters. The van der Waals surface area contributed by atoms with Crippen LogP contribution in [0.25, 0.3) is 0 Å². The zero-order chi connectivity index (χ0) is 55.3. The zero-order valence-corrected chi connectivity index (χ0v) is 48.0. The number of allylic oxidation sites excluding steroid dienone is 5. The van der Waals surface area contributed by atoms with Gasteiger partial charge in [-0.25, -0.2) is 0 Å². The highest BCUT2D eigenvalue weighted by Crippen LogP contribution is 2.30. The molecule has 2 aliphatic rings. The Bertz CT molecular complexity index is 1410. The molecule has 9 N–H and O–H groups in total. The van der Waals surface area contributed by atoms with E-state index in [0.717, 1.165) is 32.1 Å². The van der Waals surface area contributed by atoms with Crippen molar-refractivity contribution in [3.05, 3.63) is 36.5 Å². The summed E-state index contributed by atoms with van der Waals surface area (Å²) < 4.78 is 22.7. The first kappa shape index (κ1) is 70.3. The second kappa shape index (κ2) is 48.0. The Balaban J connectivity index is 1.67. The van der Waals surface area contributed by atoms with Crippen LogP contribution in [-0.4, -0.2) is 140 Å². The fraction of sp³-hybridized carbons (Fsp3) is 0.887. The molecule has 0 spiro atoms. The Morgan fingerprint density at radius 1 is 0.461 bits per heavy atom. The van der Waals surface area contributed by atoms with Gasteiger partial charge in [0.05, 0.1) is 32.0 Å². The van der Waals surface area contributed by atoms with Crippen molar-refractivity contribution in [3.63, 3.8) is 0 Å². The smallest absolute Gasteiger partial charge is 0.220 e. The summed E-state index contributed by atoms with van der Waals surface area (Å²) in [6, 6.07) is -0.929. The van der Waals surface area contributed by atoms with Crippen LogP contribution in [0.4, 0.5) is 0 Å². The average molecular weight is 1080 g/mol. The summed E-state index contributed by atoms with van der Waals surface area (Å²) in [5.74, 6) is -0.247. The second-order valence-electron chi connectivity index (χ2n) is 22.2. The van der Waals surface area contributed by atoms with Gasteiger partial charge in [-0.05, 0) is 57.8 Å². The molecule has 2 heterocycles. The van der Waals surface area contributed by atoms with Gasteiger partial charge in [0.25, 0.3) is 0 Å². The molecule has 0 aromatic carbocycles. The summed E-state index contributed by atoms with van der Waals surface area (Å²) in [6.07, 6.45) is 42.1. The third-order valence-electron chi connectivity index (χ3n) is 15.3. The summed E-state index contributed by atoms with van der Waals surface area (Å²) >= 11 is 0. The van der Waals surface area contributed by atoms with Crippen LogP contribution in [0.2, 0.25) is 0 Å². The summed E-state index contributed by atoms with van der Waals surface area (Å²) in [4.78, 5) is 13.2. The van der Waals surface area contributed by atoms with Crippen LogP contribution in [0.1, 0.15) is 258 Å².